The van der Waals surface area contributed by atoms with E-state index in [4.69, 9.17) is 27.9 Å². The van der Waals surface area contributed by atoms with Gasteiger partial charge in [-0.05, 0) is 47.5 Å². The maximum absolute atomic E-state index is 14.4. The van der Waals surface area contributed by atoms with Gasteiger partial charge in [0.2, 0.25) is 11.8 Å². The van der Waals surface area contributed by atoms with Crippen molar-refractivity contribution >= 4 is 50.7 Å². The molecular formula is C32H31Cl2N3O5S. The van der Waals surface area contributed by atoms with E-state index in [1.807, 2.05) is 30.3 Å². The fourth-order valence-corrected chi connectivity index (χ4v) is 6.39. The van der Waals surface area contributed by atoms with Crippen LogP contribution in [0.2, 0.25) is 10.0 Å². The number of likely N-dealkylation sites (N-methyl/N-ethyl adjacent to an activating group) is 1. The summed E-state index contributed by atoms with van der Waals surface area (Å²) in [6, 6.07) is 27.6. The molecule has 4 rings (SSSR count). The zero-order chi connectivity index (χ0) is 31.0. The number of carbonyl (C=O) groups excluding carboxylic acids is 2. The Labute approximate surface area is 261 Å². The number of benzene rings is 4. The molecule has 0 saturated heterocycles. The Morgan fingerprint density at radius 3 is 2.09 bits per heavy atom. The van der Waals surface area contributed by atoms with Crippen LogP contribution in [0.3, 0.4) is 0 Å². The van der Waals surface area contributed by atoms with E-state index in [0.717, 1.165) is 9.87 Å². The highest BCUT2D eigenvalue weighted by molar-refractivity contribution is 7.92. The maximum atomic E-state index is 14.4. The first kappa shape index (κ1) is 31.9. The molecule has 0 heterocycles. The van der Waals surface area contributed by atoms with Crippen LogP contribution in [0.1, 0.15) is 11.1 Å². The van der Waals surface area contributed by atoms with Gasteiger partial charge in [-0.1, -0.05) is 89.9 Å². The number of anilines is 1. The fraction of sp³-hybridized carbons (Fsp3) is 0.188. The number of hydrogen-bond acceptors (Lipinski definition) is 5. The second-order valence-corrected chi connectivity index (χ2v) is 12.3. The lowest BCUT2D eigenvalue weighted by atomic mass is 10.0. The van der Waals surface area contributed by atoms with Gasteiger partial charge in [0.05, 0.1) is 27.7 Å². The number of carbonyl (C=O) groups is 2. The van der Waals surface area contributed by atoms with Crippen LogP contribution >= 0.6 is 23.2 Å². The zero-order valence-electron chi connectivity index (χ0n) is 23.6. The van der Waals surface area contributed by atoms with Gasteiger partial charge in [0.15, 0.2) is 0 Å². The number of amides is 2. The fourth-order valence-electron chi connectivity index (χ4n) is 4.62. The monoisotopic (exact) mass is 639 g/mol. The average molecular weight is 641 g/mol. The van der Waals surface area contributed by atoms with Gasteiger partial charge < -0.3 is 15.0 Å². The van der Waals surface area contributed by atoms with Crippen molar-refractivity contribution in [3.63, 3.8) is 0 Å². The number of ether oxygens (including phenoxy) is 1. The number of nitrogens with one attached hydrogen (secondary N) is 1. The Bertz CT molecular complexity index is 1670. The zero-order valence-corrected chi connectivity index (χ0v) is 25.9. The summed E-state index contributed by atoms with van der Waals surface area (Å²) in [5.41, 5.74) is 1.61. The van der Waals surface area contributed by atoms with Crippen molar-refractivity contribution in [1.29, 1.82) is 0 Å². The number of para-hydroxylation sites is 2. The summed E-state index contributed by atoms with van der Waals surface area (Å²) in [5.74, 6) is -0.758. The number of methoxy groups -OCH3 is 1. The molecular weight excluding hydrogens is 609 g/mol. The highest BCUT2D eigenvalue weighted by atomic mass is 35.5. The molecule has 0 aromatic heterocycles. The second-order valence-electron chi connectivity index (χ2n) is 9.59. The average Bonchev–Trinajstić information content (AvgIpc) is 3.03. The lowest BCUT2D eigenvalue weighted by Crippen LogP contribution is -2.53. The van der Waals surface area contributed by atoms with Crippen molar-refractivity contribution < 1.29 is 22.7 Å². The Morgan fingerprint density at radius 1 is 0.837 bits per heavy atom. The van der Waals surface area contributed by atoms with E-state index in [1.165, 1.54) is 31.2 Å². The van der Waals surface area contributed by atoms with Crippen LogP contribution in [-0.4, -0.2) is 51.9 Å². The molecule has 11 heteroatoms. The molecule has 1 atom stereocenters. The Kier molecular flexibility index (Phi) is 10.7. The van der Waals surface area contributed by atoms with Crippen molar-refractivity contribution in [2.24, 2.45) is 0 Å². The molecule has 0 radical (unpaired) electrons. The molecule has 0 fully saturated rings. The van der Waals surface area contributed by atoms with Crippen LogP contribution in [0, 0.1) is 0 Å². The van der Waals surface area contributed by atoms with Gasteiger partial charge in [0.25, 0.3) is 10.0 Å². The molecule has 0 spiro atoms. The van der Waals surface area contributed by atoms with Crippen LogP contribution in [0.4, 0.5) is 5.69 Å². The van der Waals surface area contributed by atoms with Gasteiger partial charge in [-0.25, -0.2) is 8.42 Å². The quantitative estimate of drug-likeness (QED) is 0.218. The van der Waals surface area contributed by atoms with Crippen molar-refractivity contribution in [3.05, 3.63) is 124 Å². The molecule has 2 amide bonds. The largest absolute Gasteiger partial charge is 0.495 e. The standard InChI is InChI=1S/C32H31Cl2N3O5S/c1-35-32(39)29(20-23-11-5-3-6-12-23)36(21-24-17-18-26(33)27(34)19-24)31(38)22-37(28-15-9-10-16-30(28)42-2)43(40,41)25-13-7-4-8-14-25/h3-19,29H,20-22H2,1-2H3,(H,35,39). The van der Waals surface area contributed by atoms with E-state index in [1.54, 1.807) is 60.7 Å². The van der Waals surface area contributed by atoms with Crippen LogP contribution in [-0.2, 0) is 32.6 Å². The minimum Gasteiger partial charge on any atom is -0.495 e. The Morgan fingerprint density at radius 2 is 1.47 bits per heavy atom. The molecule has 1 unspecified atom stereocenters. The SMILES string of the molecule is CNC(=O)C(Cc1ccccc1)N(Cc1ccc(Cl)c(Cl)c1)C(=O)CN(c1ccccc1OC)S(=O)(=O)c1ccccc1. The van der Waals surface area contributed by atoms with E-state index in [-0.39, 0.29) is 34.3 Å². The number of sulfonamides is 1. The van der Waals surface area contributed by atoms with Crippen molar-refractivity contribution in [3.8, 4) is 5.75 Å². The van der Waals surface area contributed by atoms with Gasteiger partial charge in [-0.15, -0.1) is 0 Å². The maximum Gasteiger partial charge on any atom is 0.264 e. The Hall–Kier alpha value is -4.05. The van der Waals surface area contributed by atoms with Crippen LogP contribution < -0.4 is 14.4 Å². The predicted molar refractivity (Wildman–Crippen MR) is 169 cm³/mol. The molecule has 1 N–H and O–H groups in total. The van der Waals surface area contributed by atoms with Gasteiger partial charge in [-0.3, -0.25) is 13.9 Å². The van der Waals surface area contributed by atoms with E-state index in [0.29, 0.717) is 10.6 Å². The first-order valence-corrected chi connectivity index (χ1v) is 15.5. The van der Waals surface area contributed by atoms with Crippen molar-refractivity contribution in [1.82, 2.24) is 10.2 Å². The summed E-state index contributed by atoms with van der Waals surface area (Å²) in [6.07, 6.45) is 0.188. The molecule has 43 heavy (non-hydrogen) atoms. The lowest BCUT2D eigenvalue weighted by molar-refractivity contribution is -0.139. The van der Waals surface area contributed by atoms with E-state index in [2.05, 4.69) is 5.32 Å². The van der Waals surface area contributed by atoms with Crippen molar-refractivity contribution in [2.75, 3.05) is 25.0 Å². The predicted octanol–water partition coefficient (Wildman–Crippen LogP) is 5.58. The molecule has 0 saturated carbocycles. The molecule has 224 valence electrons. The van der Waals surface area contributed by atoms with Gasteiger partial charge in [-0.2, -0.15) is 0 Å². The van der Waals surface area contributed by atoms with Gasteiger partial charge in [0.1, 0.15) is 18.3 Å². The normalized spacial score (nSPS) is 11.8. The number of hydrogen-bond donors (Lipinski definition) is 1. The number of rotatable bonds is 12. The third-order valence-electron chi connectivity index (χ3n) is 6.82. The minimum absolute atomic E-state index is 0.00289. The third-order valence-corrected chi connectivity index (χ3v) is 9.33. The summed E-state index contributed by atoms with van der Waals surface area (Å²) in [4.78, 5) is 29.1. The molecule has 0 aliphatic rings. The molecule has 4 aromatic rings. The van der Waals surface area contributed by atoms with E-state index >= 15 is 0 Å². The first-order chi connectivity index (χ1) is 20.6. The molecule has 0 aliphatic carbocycles. The molecule has 8 nitrogen and oxygen atoms in total. The third kappa shape index (κ3) is 7.67. The van der Waals surface area contributed by atoms with E-state index in [9.17, 15) is 18.0 Å². The molecule has 0 aliphatic heterocycles. The smallest absolute Gasteiger partial charge is 0.264 e. The molecule has 4 aromatic carbocycles. The topological polar surface area (TPSA) is 96.0 Å². The summed E-state index contributed by atoms with van der Waals surface area (Å²) in [5, 5.41) is 3.28. The van der Waals surface area contributed by atoms with Crippen LogP contribution in [0.5, 0.6) is 5.75 Å². The lowest BCUT2D eigenvalue weighted by Gasteiger charge is -2.34. The van der Waals surface area contributed by atoms with Gasteiger partial charge in [0, 0.05) is 20.0 Å². The summed E-state index contributed by atoms with van der Waals surface area (Å²) in [6.45, 7) is -0.646. The summed E-state index contributed by atoms with van der Waals surface area (Å²) < 4.78 is 34.6. The Balaban J connectivity index is 1.82. The van der Waals surface area contributed by atoms with Crippen LogP contribution in [0.25, 0.3) is 0 Å². The number of nitrogens with zero attached hydrogens (tertiary/aromatic N) is 2. The van der Waals surface area contributed by atoms with Crippen molar-refractivity contribution in [2.45, 2.75) is 23.9 Å². The summed E-state index contributed by atoms with van der Waals surface area (Å²) in [7, 11) is -1.33. The van der Waals surface area contributed by atoms with E-state index < -0.39 is 34.4 Å². The first-order valence-electron chi connectivity index (χ1n) is 13.4. The highest BCUT2D eigenvalue weighted by Gasteiger charge is 2.35. The summed E-state index contributed by atoms with van der Waals surface area (Å²) >= 11 is 12.4. The molecule has 0 bridgehead atoms. The minimum atomic E-state index is -4.24. The highest BCUT2D eigenvalue weighted by Crippen LogP contribution is 2.33. The van der Waals surface area contributed by atoms with Gasteiger partial charge >= 0.3 is 0 Å². The van der Waals surface area contributed by atoms with Crippen LogP contribution in [0.15, 0.2) is 108 Å². The second kappa shape index (κ2) is 14.4. The number of halogens is 2.